The van der Waals surface area contributed by atoms with Crippen LogP contribution in [0.25, 0.3) is 0 Å². The van der Waals surface area contributed by atoms with Gasteiger partial charge < -0.3 is 19.3 Å². The standard InChI is InChI=1S/C26H30F3N3O3/c27-26(28,29)25(33)32-16-20-5-6-22(15-21(20)17-32)35-13-2-8-30-9-11-31(12-10-30)24-4-1-3-19-7-14-34-18-23(19)24/h1,3-6,15H,2,7-14,16-18H2. The summed E-state index contributed by atoms with van der Waals surface area (Å²) in [5.41, 5.74) is 5.49. The number of piperazine rings is 1. The number of rotatable bonds is 6. The summed E-state index contributed by atoms with van der Waals surface area (Å²) in [7, 11) is 0. The van der Waals surface area contributed by atoms with Gasteiger partial charge in [0, 0.05) is 57.1 Å². The zero-order valence-corrected chi connectivity index (χ0v) is 19.6. The normalized spacial score (nSPS) is 18.4. The van der Waals surface area contributed by atoms with Gasteiger partial charge in [-0.1, -0.05) is 18.2 Å². The molecule has 0 unspecified atom stereocenters. The van der Waals surface area contributed by atoms with E-state index in [0.717, 1.165) is 62.6 Å². The number of fused-ring (bicyclic) bond motifs is 2. The van der Waals surface area contributed by atoms with E-state index >= 15 is 0 Å². The third-order valence-corrected chi connectivity index (χ3v) is 7.04. The first-order valence-corrected chi connectivity index (χ1v) is 12.1. The monoisotopic (exact) mass is 489 g/mol. The molecule has 0 aliphatic carbocycles. The summed E-state index contributed by atoms with van der Waals surface area (Å²) in [5, 5.41) is 0. The average molecular weight is 490 g/mol. The second kappa shape index (κ2) is 10.1. The number of benzene rings is 2. The van der Waals surface area contributed by atoms with Crippen molar-refractivity contribution >= 4 is 11.6 Å². The molecule has 1 fully saturated rings. The van der Waals surface area contributed by atoms with Gasteiger partial charge in [0.25, 0.3) is 0 Å². The Bertz CT molecular complexity index is 1070. The molecule has 0 N–H and O–H groups in total. The summed E-state index contributed by atoms with van der Waals surface area (Å²) >= 11 is 0. The molecule has 3 aliphatic rings. The molecule has 0 bridgehead atoms. The van der Waals surface area contributed by atoms with Crippen LogP contribution in [0.3, 0.4) is 0 Å². The van der Waals surface area contributed by atoms with Crippen LogP contribution in [0.5, 0.6) is 5.75 Å². The first-order valence-electron chi connectivity index (χ1n) is 12.1. The number of hydrogen-bond acceptors (Lipinski definition) is 5. The lowest BCUT2D eigenvalue weighted by Gasteiger charge is -2.37. The first-order chi connectivity index (χ1) is 16.9. The molecule has 5 rings (SSSR count). The quantitative estimate of drug-likeness (QED) is 0.579. The van der Waals surface area contributed by atoms with Crippen LogP contribution in [0, 0.1) is 0 Å². The Labute approximate surface area is 203 Å². The molecule has 188 valence electrons. The molecule has 0 aromatic heterocycles. The number of nitrogens with zero attached hydrogens (tertiary/aromatic N) is 3. The first kappa shape index (κ1) is 23.9. The molecule has 0 spiro atoms. The van der Waals surface area contributed by atoms with Gasteiger partial charge in [0.05, 0.1) is 19.8 Å². The minimum Gasteiger partial charge on any atom is -0.494 e. The number of alkyl halides is 3. The summed E-state index contributed by atoms with van der Waals surface area (Å²) in [6, 6.07) is 11.8. The molecule has 6 nitrogen and oxygen atoms in total. The molecule has 1 amide bonds. The SMILES string of the molecule is O=C(N1Cc2ccc(OCCCN3CCN(c4cccc5c4COCC5)CC3)cc2C1)C(F)(F)F. The van der Waals surface area contributed by atoms with Crippen molar-refractivity contribution < 1.29 is 27.4 Å². The van der Waals surface area contributed by atoms with Gasteiger partial charge in [-0.3, -0.25) is 9.69 Å². The molecular formula is C26H30F3N3O3. The summed E-state index contributed by atoms with van der Waals surface area (Å²) < 4.78 is 49.7. The van der Waals surface area contributed by atoms with E-state index in [2.05, 4.69) is 28.0 Å². The summed E-state index contributed by atoms with van der Waals surface area (Å²) in [5.74, 6) is -1.16. The van der Waals surface area contributed by atoms with Crippen molar-refractivity contribution in [2.45, 2.75) is 38.7 Å². The van der Waals surface area contributed by atoms with Crippen LogP contribution >= 0.6 is 0 Å². The Morgan fingerprint density at radius 2 is 1.80 bits per heavy atom. The summed E-state index contributed by atoms with van der Waals surface area (Å²) in [4.78, 5) is 17.2. The Balaban J connectivity index is 1.05. The molecule has 0 radical (unpaired) electrons. The number of ether oxygens (including phenoxy) is 2. The van der Waals surface area contributed by atoms with Crippen LogP contribution in [0.1, 0.15) is 28.7 Å². The van der Waals surface area contributed by atoms with Crippen molar-refractivity contribution in [2.75, 3.05) is 50.8 Å². The van der Waals surface area contributed by atoms with E-state index in [1.807, 2.05) is 0 Å². The van der Waals surface area contributed by atoms with Gasteiger partial charge in [-0.2, -0.15) is 13.2 Å². The largest absolute Gasteiger partial charge is 0.494 e. The highest BCUT2D eigenvalue weighted by atomic mass is 19.4. The van der Waals surface area contributed by atoms with Crippen LogP contribution in [0.4, 0.5) is 18.9 Å². The summed E-state index contributed by atoms with van der Waals surface area (Å²) in [6.45, 7) is 6.86. The van der Waals surface area contributed by atoms with E-state index in [4.69, 9.17) is 9.47 Å². The van der Waals surface area contributed by atoms with Crippen LogP contribution in [0.2, 0.25) is 0 Å². The molecular weight excluding hydrogens is 459 g/mol. The Kier molecular flexibility index (Phi) is 6.88. The molecule has 1 saturated heterocycles. The lowest BCUT2D eigenvalue weighted by atomic mass is 10.0. The van der Waals surface area contributed by atoms with E-state index in [9.17, 15) is 18.0 Å². The molecule has 2 aromatic carbocycles. The highest BCUT2D eigenvalue weighted by Gasteiger charge is 2.44. The highest BCUT2D eigenvalue weighted by molar-refractivity contribution is 5.82. The maximum atomic E-state index is 12.7. The number of amides is 1. The topological polar surface area (TPSA) is 45.2 Å². The molecule has 3 aliphatic heterocycles. The fourth-order valence-electron chi connectivity index (χ4n) is 5.15. The van der Waals surface area contributed by atoms with E-state index in [1.165, 1.54) is 16.8 Å². The van der Waals surface area contributed by atoms with Gasteiger partial charge in [0.15, 0.2) is 0 Å². The van der Waals surface area contributed by atoms with Gasteiger partial charge in [0.2, 0.25) is 0 Å². The fraction of sp³-hybridized carbons (Fsp3) is 0.500. The van der Waals surface area contributed by atoms with Gasteiger partial charge >= 0.3 is 12.1 Å². The minimum absolute atomic E-state index is 0.0151. The Hall–Kier alpha value is -2.78. The molecule has 3 heterocycles. The van der Waals surface area contributed by atoms with Crippen molar-refractivity contribution in [3.63, 3.8) is 0 Å². The number of carbonyl (C=O) groups excluding carboxylic acids is 1. The number of hydrogen-bond donors (Lipinski definition) is 0. The number of carbonyl (C=O) groups is 1. The smallest absolute Gasteiger partial charge is 0.471 e. The lowest BCUT2D eigenvalue weighted by Crippen LogP contribution is -2.47. The maximum Gasteiger partial charge on any atom is 0.471 e. The van der Waals surface area contributed by atoms with Gasteiger partial charge in [-0.15, -0.1) is 0 Å². The van der Waals surface area contributed by atoms with E-state index in [0.29, 0.717) is 24.5 Å². The van der Waals surface area contributed by atoms with Crippen molar-refractivity contribution in [3.05, 3.63) is 58.7 Å². The lowest BCUT2D eigenvalue weighted by molar-refractivity contribution is -0.186. The van der Waals surface area contributed by atoms with E-state index in [-0.39, 0.29) is 13.1 Å². The van der Waals surface area contributed by atoms with E-state index in [1.54, 1.807) is 18.2 Å². The maximum absolute atomic E-state index is 12.7. The number of halogens is 3. The third kappa shape index (κ3) is 5.41. The Morgan fingerprint density at radius 1 is 1.00 bits per heavy atom. The highest BCUT2D eigenvalue weighted by Crippen LogP contribution is 2.31. The van der Waals surface area contributed by atoms with Crippen LogP contribution in [-0.4, -0.2) is 67.8 Å². The van der Waals surface area contributed by atoms with Crippen LogP contribution < -0.4 is 9.64 Å². The number of anilines is 1. The Morgan fingerprint density at radius 3 is 2.60 bits per heavy atom. The second-order valence-corrected chi connectivity index (χ2v) is 9.34. The third-order valence-electron chi connectivity index (χ3n) is 7.04. The predicted octanol–water partition coefficient (Wildman–Crippen LogP) is 3.75. The zero-order valence-electron chi connectivity index (χ0n) is 19.6. The second-order valence-electron chi connectivity index (χ2n) is 9.34. The summed E-state index contributed by atoms with van der Waals surface area (Å²) in [6.07, 6.45) is -3.00. The van der Waals surface area contributed by atoms with Gasteiger partial charge in [-0.05, 0) is 47.7 Å². The zero-order chi connectivity index (χ0) is 24.4. The van der Waals surface area contributed by atoms with Crippen LogP contribution in [-0.2, 0) is 35.6 Å². The molecule has 0 atom stereocenters. The van der Waals surface area contributed by atoms with Crippen molar-refractivity contribution in [1.29, 1.82) is 0 Å². The van der Waals surface area contributed by atoms with Gasteiger partial charge in [0.1, 0.15) is 5.75 Å². The molecule has 2 aromatic rings. The van der Waals surface area contributed by atoms with Crippen molar-refractivity contribution in [3.8, 4) is 5.75 Å². The van der Waals surface area contributed by atoms with Crippen molar-refractivity contribution in [1.82, 2.24) is 9.80 Å². The fourth-order valence-corrected chi connectivity index (χ4v) is 5.15. The van der Waals surface area contributed by atoms with Gasteiger partial charge in [-0.25, -0.2) is 0 Å². The molecule has 0 saturated carbocycles. The predicted molar refractivity (Wildman–Crippen MR) is 125 cm³/mol. The van der Waals surface area contributed by atoms with Crippen LogP contribution in [0.15, 0.2) is 36.4 Å². The minimum atomic E-state index is -4.85. The molecule has 35 heavy (non-hydrogen) atoms. The van der Waals surface area contributed by atoms with Crippen molar-refractivity contribution in [2.24, 2.45) is 0 Å². The molecule has 9 heteroatoms. The van der Waals surface area contributed by atoms with E-state index < -0.39 is 12.1 Å². The average Bonchev–Trinajstić information content (AvgIpc) is 3.29.